The van der Waals surface area contributed by atoms with Crippen LogP contribution >= 0.6 is 0 Å². The van der Waals surface area contributed by atoms with E-state index in [0.29, 0.717) is 0 Å². The summed E-state index contributed by atoms with van der Waals surface area (Å²) in [7, 11) is 0. The number of rotatable bonds is 4. The Hall–Kier alpha value is -0.820. The van der Waals surface area contributed by atoms with Crippen LogP contribution in [0.2, 0.25) is 0 Å². The van der Waals surface area contributed by atoms with Gasteiger partial charge in [-0.3, -0.25) is 0 Å². The number of allylic oxidation sites excluding steroid dienone is 5. The molecule has 1 aliphatic rings. The predicted molar refractivity (Wildman–Crippen MR) is 58.8 cm³/mol. The predicted octanol–water partition coefficient (Wildman–Crippen LogP) is 2.82. The molecule has 0 aromatic carbocycles. The Balaban J connectivity index is 2.44. The van der Waals surface area contributed by atoms with Gasteiger partial charge in [0.2, 0.25) is 0 Å². The van der Waals surface area contributed by atoms with Gasteiger partial charge in [-0.2, -0.15) is 0 Å². The molecule has 0 amide bonds. The second kappa shape index (κ2) is 5.76. The van der Waals surface area contributed by atoms with Crippen LogP contribution in [0, 0.1) is 0 Å². The van der Waals surface area contributed by atoms with Crippen molar-refractivity contribution in [3.8, 4) is 0 Å². The zero-order chi connectivity index (χ0) is 9.52. The van der Waals surface area contributed by atoms with Gasteiger partial charge in [-0.1, -0.05) is 31.2 Å². The normalized spacial score (nSPS) is 16.5. The molecule has 0 saturated heterocycles. The fraction of sp³-hybridized carbons (Fsp3) is 0.500. The van der Waals surface area contributed by atoms with Gasteiger partial charge in [0.05, 0.1) is 0 Å². The fourth-order valence-corrected chi connectivity index (χ4v) is 1.47. The van der Waals surface area contributed by atoms with Crippen molar-refractivity contribution in [2.75, 3.05) is 13.1 Å². The van der Waals surface area contributed by atoms with Crippen molar-refractivity contribution >= 4 is 0 Å². The Labute approximate surface area is 81.2 Å². The lowest BCUT2D eigenvalue weighted by atomic mass is 10.0. The Morgan fingerprint density at radius 3 is 3.08 bits per heavy atom. The van der Waals surface area contributed by atoms with E-state index in [1.54, 1.807) is 0 Å². The summed E-state index contributed by atoms with van der Waals surface area (Å²) < 4.78 is 0. The van der Waals surface area contributed by atoms with E-state index < -0.39 is 0 Å². The molecule has 0 bridgehead atoms. The van der Waals surface area contributed by atoms with Gasteiger partial charge in [-0.15, -0.1) is 0 Å². The van der Waals surface area contributed by atoms with Crippen molar-refractivity contribution < 1.29 is 0 Å². The summed E-state index contributed by atoms with van der Waals surface area (Å²) >= 11 is 0. The smallest absolute Gasteiger partial charge is 0.000848 e. The maximum atomic E-state index is 3.35. The largest absolute Gasteiger partial charge is 0.317 e. The third kappa shape index (κ3) is 3.60. The highest BCUT2D eigenvalue weighted by atomic mass is 14.8. The van der Waals surface area contributed by atoms with E-state index in [4.69, 9.17) is 0 Å². The first-order valence-corrected chi connectivity index (χ1v) is 5.08. The summed E-state index contributed by atoms with van der Waals surface area (Å²) in [6.45, 7) is 6.49. The minimum Gasteiger partial charge on any atom is -0.317 e. The summed E-state index contributed by atoms with van der Waals surface area (Å²) in [5.74, 6) is 0. The zero-order valence-corrected chi connectivity index (χ0v) is 8.64. The lowest BCUT2D eigenvalue weighted by Gasteiger charge is -2.07. The quantitative estimate of drug-likeness (QED) is 0.651. The van der Waals surface area contributed by atoms with Crippen LogP contribution in [0.25, 0.3) is 0 Å². The molecule has 0 aromatic rings. The molecule has 0 spiro atoms. The van der Waals surface area contributed by atoms with Crippen LogP contribution in [0.3, 0.4) is 0 Å². The molecule has 0 saturated carbocycles. The molecule has 1 nitrogen and oxygen atoms in total. The standard InChI is InChI=1S/C12H19N/c1-3-13-10-9-12-8-6-4-5-7-11(12)2/h4-5,7-8,13H,3,6,9-10H2,1-2H3. The van der Waals surface area contributed by atoms with Gasteiger partial charge in [0, 0.05) is 0 Å². The molecule has 0 radical (unpaired) electrons. The molecule has 13 heavy (non-hydrogen) atoms. The summed E-state index contributed by atoms with van der Waals surface area (Å²) in [5, 5.41) is 3.35. The average Bonchev–Trinajstić information content (AvgIpc) is 2.32. The molecular weight excluding hydrogens is 158 g/mol. The van der Waals surface area contributed by atoms with Crippen molar-refractivity contribution in [2.24, 2.45) is 0 Å². The molecule has 0 unspecified atom stereocenters. The van der Waals surface area contributed by atoms with Gasteiger partial charge < -0.3 is 5.32 Å². The molecule has 0 aliphatic heterocycles. The van der Waals surface area contributed by atoms with E-state index in [1.807, 2.05) is 0 Å². The molecule has 1 heteroatoms. The van der Waals surface area contributed by atoms with E-state index in [-0.39, 0.29) is 0 Å². The van der Waals surface area contributed by atoms with Crippen LogP contribution in [-0.4, -0.2) is 13.1 Å². The Kier molecular flexibility index (Phi) is 4.55. The van der Waals surface area contributed by atoms with Crippen LogP contribution in [0.5, 0.6) is 0 Å². The SMILES string of the molecule is CCNCCC1=CCC=CC=C1C. The minimum absolute atomic E-state index is 1.06. The second-order valence-corrected chi connectivity index (χ2v) is 3.35. The van der Waals surface area contributed by atoms with Crippen molar-refractivity contribution in [1.29, 1.82) is 0 Å². The van der Waals surface area contributed by atoms with E-state index in [1.165, 1.54) is 11.1 Å². The third-order valence-electron chi connectivity index (χ3n) is 2.31. The van der Waals surface area contributed by atoms with Crippen molar-refractivity contribution in [3.63, 3.8) is 0 Å². The summed E-state index contributed by atoms with van der Waals surface area (Å²) in [6.07, 6.45) is 11.1. The highest BCUT2D eigenvalue weighted by Gasteiger charge is 2.00. The zero-order valence-electron chi connectivity index (χ0n) is 8.64. The van der Waals surface area contributed by atoms with Crippen LogP contribution < -0.4 is 5.32 Å². The highest BCUT2D eigenvalue weighted by Crippen LogP contribution is 2.16. The van der Waals surface area contributed by atoms with Gasteiger partial charge in [0.1, 0.15) is 0 Å². The van der Waals surface area contributed by atoms with E-state index in [2.05, 4.69) is 43.5 Å². The molecule has 0 heterocycles. The molecule has 0 aromatic heterocycles. The number of hydrogen-bond acceptors (Lipinski definition) is 1. The molecule has 0 atom stereocenters. The van der Waals surface area contributed by atoms with E-state index in [0.717, 1.165) is 25.9 Å². The van der Waals surface area contributed by atoms with Gasteiger partial charge >= 0.3 is 0 Å². The fourth-order valence-electron chi connectivity index (χ4n) is 1.47. The van der Waals surface area contributed by atoms with Gasteiger partial charge in [-0.05, 0) is 44.0 Å². The summed E-state index contributed by atoms with van der Waals surface area (Å²) in [4.78, 5) is 0. The minimum atomic E-state index is 1.06. The van der Waals surface area contributed by atoms with Gasteiger partial charge in [-0.25, -0.2) is 0 Å². The maximum absolute atomic E-state index is 3.35. The molecule has 1 rings (SSSR count). The first-order chi connectivity index (χ1) is 6.34. The monoisotopic (exact) mass is 177 g/mol. The number of nitrogens with one attached hydrogen (secondary N) is 1. The summed E-state index contributed by atoms with van der Waals surface area (Å²) in [6, 6.07) is 0. The molecule has 1 N–H and O–H groups in total. The highest BCUT2D eigenvalue weighted by molar-refractivity contribution is 5.34. The lowest BCUT2D eigenvalue weighted by molar-refractivity contribution is 0.714. The van der Waals surface area contributed by atoms with Crippen LogP contribution in [-0.2, 0) is 0 Å². The number of hydrogen-bond donors (Lipinski definition) is 1. The molecule has 1 aliphatic carbocycles. The second-order valence-electron chi connectivity index (χ2n) is 3.35. The maximum Gasteiger partial charge on any atom is -0.000848 e. The van der Waals surface area contributed by atoms with Crippen molar-refractivity contribution in [3.05, 3.63) is 35.5 Å². The third-order valence-corrected chi connectivity index (χ3v) is 2.31. The molecular formula is C12H19N. The Morgan fingerprint density at radius 2 is 2.31 bits per heavy atom. The Bertz CT molecular complexity index is 234. The van der Waals surface area contributed by atoms with E-state index in [9.17, 15) is 0 Å². The summed E-state index contributed by atoms with van der Waals surface area (Å²) in [5.41, 5.74) is 2.90. The van der Waals surface area contributed by atoms with Crippen molar-refractivity contribution in [2.45, 2.75) is 26.7 Å². The van der Waals surface area contributed by atoms with Crippen LogP contribution in [0.15, 0.2) is 35.5 Å². The average molecular weight is 177 g/mol. The molecule has 72 valence electrons. The lowest BCUT2D eigenvalue weighted by Crippen LogP contribution is -2.14. The topological polar surface area (TPSA) is 12.0 Å². The first-order valence-electron chi connectivity index (χ1n) is 5.08. The van der Waals surface area contributed by atoms with E-state index >= 15 is 0 Å². The Morgan fingerprint density at radius 1 is 1.46 bits per heavy atom. The first kappa shape index (κ1) is 10.3. The van der Waals surface area contributed by atoms with Crippen molar-refractivity contribution in [1.82, 2.24) is 5.32 Å². The van der Waals surface area contributed by atoms with Crippen LogP contribution in [0.1, 0.15) is 26.7 Å². The van der Waals surface area contributed by atoms with Gasteiger partial charge in [0.15, 0.2) is 0 Å². The van der Waals surface area contributed by atoms with Gasteiger partial charge in [0.25, 0.3) is 0 Å². The molecule has 0 fully saturated rings. The van der Waals surface area contributed by atoms with Crippen LogP contribution in [0.4, 0.5) is 0 Å².